The first kappa shape index (κ1) is 11.6. The Morgan fingerprint density at radius 3 is 3.28 bits per heavy atom. The standard InChI is InChI=1S/C14H15ClN2O/c1-9-7-12(14(15)16-8-9)17-11-3-2-4-13-10(11)5-6-18-13/h5-8,11,17H,2-4H2,1H3. The molecule has 0 bridgehead atoms. The summed E-state index contributed by atoms with van der Waals surface area (Å²) in [6.07, 6.45) is 6.80. The zero-order valence-corrected chi connectivity index (χ0v) is 11.0. The lowest BCUT2D eigenvalue weighted by Crippen LogP contribution is -2.16. The zero-order chi connectivity index (χ0) is 12.5. The molecule has 94 valence electrons. The third kappa shape index (κ3) is 2.10. The lowest BCUT2D eigenvalue weighted by molar-refractivity contribution is 0.461. The van der Waals surface area contributed by atoms with E-state index in [1.165, 1.54) is 5.56 Å². The number of pyridine rings is 1. The maximum Gasteiger partial charge on any atom is 0.152 e. The number of hydrogen-bond donors (Lipinski definition) is 1. The van der Waals surface area contributed by atoms with Gasteiger partial charge >= 0.3 is 0 Å². The molecule has 2 heterocycles. The SMILES string of the molecule is Cc1cnc(Cl)c(NC2CCCc3occc32)c1. The number of nitrogens with one attached hydrogen (secondary N) is 1. The fourth-order valence-corrected chi connectivity index (χ4v) is 2.64. The van der Waals surface area contributed by atoms with Gasteiger partial charge in [0.2, 0.25) is 0 Å². The van der Waals surface area contributed by atoms with Gasteiger partial charge in [-0.05, 0) is 37.5 Å². The van der Waals surface area contributed by atoms with Gasteiger partial charge in [0.25, 0.3) is 0 Å². The summed E-state index contributed by atoms with van der Waals surface area (Å²) in [6, 6.07) is 4.35. The molecule has 3 nitrogen and oxygen atoms in total. The van der Waals surface area contributed by atoms with Crippen LogP contribution < -0.4 is 5.32 Å². The van der Waals surface area contributed by atoms with E-state index in [0.29, 0.717) is 5.15 Å². The van der Waals surface area contributed by atoms with Gasteiger partial charge in [-0.2, -0.15) is 0 Å². The summed E-state index contributed by atoms with van der Waals surface area (Å²) < 4.78 is 5.49. The average molecular weight is 263 g/mol. The molecule has 3 rings (SSSR count). The van der Waals surface area contributed by atoms with E-state index in [0.717, 1.165) is 36.3 Å². The highest BCUT2D eigenvalue weighted by molar-refractivity contribution is 6.32. The van der Waals surface area contributed by atoms with Crippen LogP contribution in [-0.4, -0.2) is 4.98 Å². The van der Waals surface area contributed by atoms with E-state index in [9.17, 15) is 0 Å². The third-order valence-corrected chi connectivity index (χ3v) is 3.66. The second-order valence-corrected chi connectivity index (χ2v) is 5.10. The van der Waals surface area contributed by atoms with Crippen LogP contribution in [0.2, 0.25) is 5.15 Å². The van der Waals surface area contributed by atoms with Crippen molar-refractivity contribution in [2.75, 3.05) is 5.32 Å². The lowest BCUT2D eigenvalue weighted by Gasteiger charge is -2.24. The normalized spacial score (nSPS) is 18.4. The Hall–Kier alpha value is -1.48. The molecule has 2 aromatic rings. The van der Waals surface area contributed by atoms with E-state index in [-0.39, 0.29) is 6.04 Å². The minimum atomic E-state index is 0.272. The quantitative estimate of drug-likeness (QED) is 0.827. The summed E-state index contributed by atoms with van der Waals surface area (Å²) >= 11 is 6.12. The largest absolute Gasteiger partial charge is 0.469 e. The number of rotatable bonds is 2. The molecule has 1 aliphatic rings. The van der Waals surface area contributed by atoms with Gasteiger partial charge < -0.3 is 9.73 Å². The van der Waals surface area contributed by atoms with Gasteiger partial charge in [-0.3, -0.25) is 0 Å². The molecular formula is C14H15ClN2O. The van der Waals surface area contributed by atoms with Gasteiger partial charge in [0, 0.05) is 18.2 Å². The molecule has 18 heavy (non-hydrogen) atoms. The predicted octanol–water partition coefficient (Wildman–Crippen LogP) is 4.13. The van der Waals surface area contributed by atoms with Crippen LogP contribution in [0.5, 0.6) is 0 Å². The Kier molecular flexibility index (Phi) is 3.00. The van der Waals surface area contributed by atoms with Crippen molar-refractivity contribution in [3.8, 4) is 0 Å². The summed E-state index contributed by atoms with van der Waals surface area (Å²) in [5.74, 6) is 1.09. The molecule has 1 N–H and O–H groups in total. The Labute approximate surface area is 111 Å². The van der Waals surface area contributed by atoms with Crippen molar-refractivity contribution in [2.24, 2.45) is 0 Å². The predicted molar refractivity (Wildman–Crippen MR) is 72.0 cm³/mol. The van der Waals surface area contributed by atoms with E-state index in [1.807, 2.05) is 19.1 Å². The van der Waals surface area contributed by atoms with Crippen LogP contribution in [-0.2, 0) is 6.42 Å². The summed E-state index contributed by atoms with van der Waals surface area (Å²) in [5, 5.41) is 4.00. The number of furan rings is 1. The highest BCUT2D eigenvalue weighted by Gasteiger charge is 2.23. The molecule has 0 aliphatic heterocycles. The van der Waals surface area contributed by atoms with Crippen LogP contribution in [0, 0.1) is 6.92 Å². The van der Waals surface area contributed by atoms with Crippen LogP contribution in [0.15, 0.2) is 29.0 Å². The van der Waals surface area contributed by atoms with Gasteiger partial charge in [-0.1, -0.05) is 11.6 Å². The maximum absolute atomic E-state index is 6.12. The number of halogens is 1. The minimum Gasteiger partial charge on any atom is -0.469 e. The van der Waals surface area contributed by atoms with E-state index >= 15 is 0 Å². The summed E-state index contributed by atoms with van der Waals surface area (Å²) in [5.41, 5.74) is 3.25. The fraction of sp³-hybridized carbons (Fsp3) is 0.357. The first-order valence-corrected chi connectivity index (χ1v) is 6.57. The van der Waals surface area contributed by atoms with Gasteiger partial charge in [-0.25, -0.2) is 4.98 Å². The van der Waals surface area contributed by atoms with Gasteiger partial charge in [0.1, 0.15) is 5.76 Å². The van der Waals surface area contributed by atoms with Crippen LogP contribution in [0.25, 0.3) is 0 Å². The zero-order valence-electron chi connectivity index (χ0n) is 10.2. The van der Waals surface area contributed by atoms with Crippen molar-refractivity contribution in [3.63, 3.8) is 0 Å². The smallest absolute Gasteiger partial charge is 0.152 e. The number of aromatic nitrogens is 1. The van der Waals surface area contributed by atoms with Crippen molar-refractivity contribution >= 4 is 17.3 Å². The molecule has 0 saturated heterocycles. The molecular weight excluding hydrogens is 248 g/mol. The van der Waals surface area contributed by atoms with Gasteiger partial charge in [0.15, 0.2) is 5.15 Å². The second-order valence-electron chi connectivity index (χ2n) is 4.74. The van der Waals surface area contributed by atoms with Crippen LogP contribution in [0.1, 0.15) is 35.8 Å². The molecule has 2 aromatic heterocycles. The number of fused-ring (bicyclic) bond motifs is 1. The molecule has 4 heteroatoms. The number of anilines is 1. The minimum absolute atomic E-state index is 0.272. The maximum atomic E-state index is 6.12. The van der Waals surface area contributed by atoms with E-state index in [4.69, 9.17) is 16.0 Å². The summed E-state index contributed by atoms with van der Waals surface area (Å²) in [6.45, 7) is 2.01. The molecule has 0 amide bonds. The van der Waals surface area contributed by atoms with Crippen molar-refractivity contribution in [3.05, 3.63) is 46.6 Å². The molecule has 1 aliphatic carbocycles. The van der Waals surface area contributed by atoms with Crippen molar-refractivity contribution in [2.45, 2.75) is 32.2 Å². The Bertz CT molecular complexity index is 565. The second kappa shape index (κ2) is 4.65. The van der Waals surface area contributed by atoms with Crippen molar-refractivity contribution in [1.82, 2.24) is 4.98 Å². The van der Waals surface area contributed by atoms with E-state index in [1.54, 1.807) is 12.5 Å². The molecule has 0 radical (unpaired) electrons. The molecule has 1 atom stereocenters. The fourth-order valence-electron chi connectivity index (χ4n) is 2.48. The molecule has 1 unspecified atom stereocenters. The third-order valence-electron chi connectivity index (χ3n) is 3.36. The molecule has 0 saturated carbocycles. The number of hydrogen-bond acceptors (Lipinski definition) is 3. The first-order chi connectivity index (χ1) is 8.74. The van der Waals surface area contributed by atoms with E-state index < -0.39 is 0 Å². The van der Waals surface area contributed by atoms with Gasteiger partial charge in [0.05, 0.1) is 18.0 Å². The first-order valence-electron chi connectivity index (χ1n) is 6.19. The highest BCUT2D eigenvalue weighted by atomic mass is 35.5. The van der Waals surface area contributed by atoms with Crippen molar-refractivity contribution in [1.29, 1.82) is 0 Å². The van der Waals surface area contributed by atoms with Crippen LogP contribution in [0.4, 0.5) is 5.69 Å². The number of nitrogens with zero attached hydrogens (tertiary/aromatic N) is 1. The Morgan fingerprint density at radius 2 is 2.39 bits per heavy atom. The monoisotopic (exact) mass is 262 g/mol. The average Bonchev–Trinajstić information content (AvgIpc) is 2.83. The number of aryl methyl sites for hydroxylation is 2. The Balaban J connectivity index is 1.88. The van der Waals surface area contributed by atoms with E-state index in [2.05, 4.69) is 10.3 Å². The Morgan fingerprint density at radius 1 is 1.50 bits per heavy atom. The topological polar surface area (TPSA) is 38.1 Å². The van der Waals surface area contributed by atoms with Crippen LogP contribution in [0.3, 0.4) is 0 Å². The highest BCUT2D eigenvalue weighted by Crippen LogP contribution is 2.34. The lowest BCUT2D eigenvalue weighted by atomic mass is 9.93. The van der Waals surface area contributed by atoms with Crippen LogP contribution >= 0.6 is 11.6 Å². The summed E-state index contributed by atoms with van der Waals surface area (Å²) in [4.78, 5) is 4.17. The van der Waals surface area contributed by atoms with Crippen molar-refractivity contribution < 1.29 is 4.42 Å². The van der Waals surface area contributed by atoms with Gasteiger partial charge in [-0.15, -0.1) is 0 Å². The molecule has 0 spiro atoms. The summed E-state index contributed by atoms with van der Waals surface area (Å²) in [7, 11) is 0. The molecule has 0 fully saturated rings. The molecule has 0 aromatic carbocycles.